The fraction of sp³-hybridized carbons (Fsp3) is 0.417. The van der Waals surface area contributed by atoms with E-state index < -0.39 is 0 Å². The Hall–Kier alpha value is -1.31. The standard InChI is InChI=1S/C12H16N2/c1-8(2)14-7-10(4)11-5-9(3)6-13-12(11)14/h5-8H,1-4H3. The van der Waals surface area contributed by atoms with Crippen LogP contribution in [0.5, 0.6) is 0 Å². The summed E-state index contributed by atoms with van der Waals surface area (Å²) in [5.74, 6) is 0. The number of rotatable bonds is 1. The van der Waals surface area contributed by atoms with E-state index in [-0.39, 0.29) is 0 Å². The Bertz CT molecular complexity index is 466. The number of hydrogen-bond acceptors (Lipinski definition) is 1. The molecule has 0 aliphatic heterocycles. The minimum absolute atomic E-state index is 0.474. The summed E-state index contributed by atoms with van der Waals surface area (Å²) in [4.78, 5) is 4.49. The molecule has 0 unspecified atom stereocenters. The SMILES string of the molecule is Cc1cnc2c(c1)c(C)cn2C(C)C. The molecule has 2 heteroatoms. The van der Waals surface area contributed by atoms with Crippen molar-refractivity contribution in [3.63, 3.8) is 0 Å². The molecule has 2 aromatic heterocycles. The predicted octanol–water partition coefficient (Wildman–Crippen LogP) is 3.23. The van der Waals surface area contributed by atoms with Gasteiger partial charge in [0.25, 0.3) is 0 Å². The summed E-state index contributed by atoms with van der Waals surface area (Å²) in [5.41, 5.74) is 3.63. The molecule has 0 saturated carbocycles. The quantitative estimate of drug-likeness (QED) is 0.671. The average molecular weight is 188 g/mol. The van der Waals surface area contributed by atoms with E-state index in [2.05, 4.69) is 49.5 Å². The highest BCUT2D eigenvalue weighted by Gasteiger charge is 2.08. The molecular weight excluding hydrogens is 172 g/mol. The van der Waals surface area contributed by atoms with Gasteiger partial charge in [-0.05, 0) is 44.9 Å². The summed E-state index contributed by atoms with van der Waals surface area (Å²) < 4.78 is 2.23. The third-order valence-corrected chi connectivity index (χ3v) is 2.56. The lowest BCUT2D eigenvalue weighted by Crippen LogP contribution is -1.99. The summed E-state index contributed by atoms with van der Waals surface area (Å²) in [5, 5.41) is 1.28. The first-order valence-corrected chi connectivity index (χ1v) is 5.03. The molecule has 0 fully saturated rings. The molecule has 0 aliphatic rings. The van der Waals surface area contributed by atoms with Gasteiger partial charge in [-0.3, -0.25) is 0 Å². The molecular formula is C12H16N2. The lowest BCUT2D eigenvalue weighted by atomic mass is 10.2. The number of aromatic nitrogens is 2. The summed E-state index contributed by atoms with van der Waals surface area (Å²) in [6, 6.07) is 2.68. The van der Waals surface area contributed by atoms with E-state index in [1.54, 1.807) is 0 Å². The molecule has 0 amide bonds. The van der Waals surface area contributed by atoms with Crippen LogP contribution in [0.2, 0.25) is 0 Å². The van der Waals surface area contributed by atoms with Crippen LogP contribution < -0.4 is 0 Å². The van der Waals surface area contributed by atoms with Crippen LogP contribution >= 0.6 is 0 Å². The second kappa shape index (κ2) is 3.12. The lowest BCUT2D eigenvalue weighted by Gasteiger charge is -2.07. The highest BCUT2D eigenvalue weighted by molar-refractivity contribution is 5.80. The monoisotopic (exact) mass is 188 g/mol. The minimum atomic E-state index is 0.474. The molecule has 0 spiro atoms. The van der Waals surface area contributed by atoms with E-state index in [1.807, 2.05) is 6.20 Å². The van der Waals surface area contributed by atoms with Crippen LogP contribution in [-0.4, -0.2) is 9.55 Å². The van der Waals surface area contributed by atoms with E-state index in [1.165, 1.54) is 16.5 Å². The van der Waals surface area contributed by atoms with Crippen molar-refractivity contribution >= 4 is 11.0 Å². The van der Waals surface area contributed by atoms with Crippen LogP contribution in [0.25, 0.3) is 11.0 Å². The third-order valence-electron chi connectivity index (χ3n) is 2.56. The van der Waals surface area contributed by atoms with Crippen LogP contribution in [0.3, 0.4) is 0 Å². The van der Waals surface area contributed by atoms with Gasteiger partial charge in [0.1, 0.15) is 5.65 Å². The molecule has 0 aromatic carbocycles. The molecule has 0 aliphatic carbocycles. The Labute approximate surface area is 84.6 Å². The first-order chi connectivity index (χ1) is 6.59. The molecule has 2 nitrogen and oxygen atoms in total. The highest BCUT2D eigenvalue weighted by Crippen LogP contribution is 2.22. The second-order valence-electron chi connectivity index (χ2n) is 4.20. The van der Waals surface area contributed by atoms with Crippen LogP contribution in [0, 0.1) is 13.8 Å². The molecule has 0 N–H and O–H groups in total. The van der Waals surface area contributed by atoms with E-state index >= 15 is 0 Å². The first kappa shape index (κ1) is 9.25. The lowest BCUT2D eigenvalue weighted by molar-refractivity contribution is 0.617. The Morgan fingerprint density at radius 3 is 2.64 bits per heavy atom. The van der Waals surface area contributed by atoms with Crippen molar-refractivity contribution in [2.75, 3.05) is 0 Å². The fourth-order valence-corrected chi connectivity index (χ4v) is 1.79. The normalized spacial score (nSPS) is 11.5. The van der Waals surface area contributed by atoms with Gasteiger partial charge < -0.3 is 4.57 Å². The van der Waals surface area contributed by atoms with Gasteiger partial charge in [0.2, 0.25) is 0 Å². The maximum absolute atomic E-state index is 4.49. The zero-order chi connectivity index (χ0) is 10.3. The summed E-state index contributed by atoms with van der Waals surface area (Å²) in [6.45, 7) is 8.59. The topological polar surface area (TPSA) is 17.8 Å². The van der Waals surface area contributed by atoms with Crippen molar-refractivity contribution in [3.8, 4) is 0 Å². The molecule has 14 heavy (non-hydrogen) atoms. The number of hydrogen-bond donors (Lipinski definition) is 0. The van der Waals surface area contributed by atoms with E-state index in [0.29, 0.717) is 6.04 Å². The number of aryl methyl sites for hydroxylation is 2. The van der Waals surface area contributed by atoms with E-state index in [0.717, 1.165) is 5.65 Å². The van der Waals surface area contributed by atoms with Gasteiger partial charge in [0, 0.05) is 23.8 Å². The zero-order valence-electron chi connectivity index (χ0n) is 9.20. The smallest absolute Gasteiger partial charge is 0.140 e. The van der Waals surface area contributed by atoms with Crippen molar-refractivity contribution in [3.05, 3.63) is 29.6 Å². The highest BCUT2D eigenvalue weighted by atomic mass is 15.0. The van der Waals surface area contributed by atoms with Gasteiger partial charge in [0.15, 0.2) is 0 Å². The van der Waals surface area contributed by atoms with Gasteiger partial charge in [-0.2, -0.15) is 0 Å². The molecule has 2 aromatic rings. The maximum Gasteiger partial charge on any atom is 0.140 e. The predicted molar refractivity (Wildman–Crippen MR) is 59.6 cm³/mol. The van der Waals surface area contributed by atoms with Crippen molar-refractivity contribution in [1.82, 2.24) is 9.55 Å². The van der Waals surface area contributed by atoms with Crippen molar-refractivity contribution in [1.29, 1.82) is 0 Å². The molecule has 0 saturated heterocycles. The Kier molecular flexibility index (Phi) is 2.06. The van der Waals surface area contributed by atoms with Gasteiger partial charge in [-0.25, -0.2) is 4.98 Å². The molecule has 0 bridgehead atoms. The summed E-state index contributed by atoms with van der Waals surface area (Å²) in [7, 11) is 0. The van der Waals surface area contributed by atoms with E-state index in [4.69, 9.17) is 0 Å². The summed E-state index contributed by atoms with van der Waals surface area (Å²) in [6.07, 6.45) is 4.11. The van der Waals surface area contributed by atoms with Gasteiger partial charge in [-0.1, -0.05) is 0 Å². The van der Waals surface area contributed by atoms with Crippen molar-refractivity contribution in [2.24, 2.45) is 0 Å². The maximum atomic E-state index is 4.49. The van der Waals surface area contributed by atoms with E-state index in [9.17, 15) is 0 Å². The third kappa shape index (κ3) is 1.31. The van der Waals surface area contributed by atoms with Crippen molar-refractivity contribution in [2.45, 2.75) is 33.7 Å². The summed E-state index contributed by atoms with van der Waals surface area (Å²) >= 11 is 0. The Balaban J connectivity index is 2.77. The Morgan fingerprint density at radius 1 is 1.29 bits per heavy atom. The molecule has 0 atom stereocenters. The van der Waals surface area contributed by atoms with Crippen LogP contribution in [0.15, 0.2) is 18.5 Å². The molecule has 2 rings (SSSR count). The van der Waals surface area contributed by atoms with Gasteiger partial charge in [-0.15, -0.1) is 0 Å². The van der Waals surface area contributed by atoms with Gasteiger partial charge >= 0.3 is 0 Å². The second-order valence-corrected chi connectivity index (χ2v) is 4.20. The average Bonchev–Trinajstić information content (AvgIpc) is 2.44. The zero-order valence-corrected chi connectivity index (χ0v) is 9.20. The largest absolute Gasteiger partial charge is 0.330 e. The molecule has 0 radical (unpaired) electrons. The first-order valence-electron chi connectivity index (χ1n) is 5.03. The fourth-order valence-electron chi connectivity index (χ4n) is 1.79. The number of pyridine rings is 1. The van der Waals surface area contributed by atoms with Crippen LogP contribution in [0.4, 0.5) is 0 Å². The van der Waals surface area contributed by atoms with Crippen molar-refractivity contribution < 1.29 is 0 Å². The van der Waals surface area contributed by atoms with Gasteiger partial charge in [0.05, 0.1) is 0 Å². The van der Waals surface area contributed by atoms with Crippen LogP contribution in [-0.2, 0) is 0 Å². The van der Waals surface area contributed by atoms with Crippen LogP contribution in [0.1, 0.15) is 31.0 Å². The molecule has 74 valence electrons. The molecule has 2 heterocycles. The minimum Gasteiger partial charge on any atom is -0.330 e. The number of fused-ring (bicyclic) bond motifs is 1. The number of nitrogens with zero attached hydrogens (tertiary/aromatic N) is 2. The Morgan fingerprint density at radius 2 is 2.00 bits per heavy atom.